The molecule has 0 saturated heterocycles. The molecule has 7 heteroatoms. The van der Waals surface area contributed by atoms with Crippen molar-refractivity contribution in [1.29, 1.82) is 0 Å². The quantitative estimate of drug-likeness (QED) is 0.673. The van der Waals surface area contributed by atoms with Crippen LogP contribution in [0.25, 0.3) is 0 Å². The highest BCUT2D eigenvalue weighted by molar-refractivity contribution is 5.94. The van der Waals surface area contributed by atoms with E-state index in [4.69, 9.17) is 5.73 Å². The minimum Gasteiger partial charge on any atom is -0.399 e. The Morgan fingerprint density at radius 2 is 1.72 bits per heavy atom. The van der Waals surface area contributed by atoms with Gasteiger partial charge in [0, 0.05) is 24.8 Å². The number of hydrogen-bond donors (Lipinski definition) is 2. The number of para-hydroxylation sites is 1. The summed E-state index contributed by atoms with van der Waals surface area (Å²) in [5.74, 6) is -0.279. The van der Waals surface area contributed by atoms with Crippen LogP contribution in [0.5, 0.6) is 0 Å². The number of likely N-dealkylation sites (N-methyl/N-ethyl adjacent to an activating group) is 1. The van der Waals surface area contributed by atoms with Gasteiger partial charge in [0.1, 0.15) is 17.3 Å². The number of nitrogens with zero attached hydrogens (tertiary/aromatic N) is 2. The second-order valence-corrected chi connectivity index (χ2v) is 7.02. The standard InChI is InChI=1S/C22H21FN4O.ClH/c1-27(17-10-14-6-2-3-7-15(14)11-17)22(28)20-12-16(24)13-21(26-20)25-19-9-5-4-8-18(19)23;/h2-9,12-13,17H,10-11H2,1H3,(H3,24,25,26);1H. The number of aromatic nitrogens is 1. The molecule has 1 aliphatic carbocycles. The summed E-state index contributed by atoms with van der Waals surface area (Å²) in [4.78, 5) is 19.1. The highest BCUT2D eigenvalue weighted by Crippen LogP contribution is 2.26. The molecular weight excluding hydrogens is 391 g/mol. The van der Waals surface area contributed by atoms with Gasteiger partial charge in [0.2, 0.25) is 0 Å². The van der Waals surface area contributed by atoms with Crippen LogP contribution in [0.1, 0.15) is 21.6 Å². The molecule has 150 valence electrons. The molecular formula is C22H22ClFN4O. The van der Waals surface area contributed by atoms with Gasteiger partial charge in [0.15, 0.2) is 0 Å². The van der Waals surface area contributed by atoms with Gasteiger partial charge in [0.05, 0.1) is 5.69 Å². The predicted molar refractivity (Wildman–Crippen MR) is 115 cm³/mol. The molecule has 3 N–H and O–H groups in total. The van der Waals surface area contributed by atoms with Crippen LogP contribution in [0.2, 0.25) is 0 Å². The van der Waals surface area contributed by atoms with Crippen molar-refractivity contribution in [2.24, 2.45) is 0 Å². The fourth-order valence-corrected chi connectivity index (χ4v) is 3.58. The van der Waals surface area contributed by atoms with E-state index in [0.717, 1.165) is 12.8 Å². The van der Waals surface area contributed by atoms with Crippen LogP contribution < -0.4 is 11.1 Å². The molecule has 2 aromatic carbocycles. The van der Waals surface area contributed by atoms with Crippen LogP contribution in [0.4, 0.5) is 21.6 Å². The molecule has 29 heavy (non-hydrogen) atoms. The second-order valence-electron chi connectivity index (χ2n) is 7.02. The average molecular weight is 413 g/mol. The number of anilines is 3. The first-order chi connectivity index (χ1) is 13.5. The molecule has 0 atom stereocenters. The van der Waals surface area contributed by atoms with E-state index < -0.39 is 5.82 Å². The van der Waals surface area contributed by atoms with E-state index in [2.05, 4.69) is 22.4 Å². The number of nitrogen functional groups attached to an aromatic ring is 1. The van der Waals surface area contributed by atoms with Gasteiger partial charge in [-0.15, -0.1) is 12.4 Å². The first-order valence-corrected chi connectivity index (χ1v) is 9.14. The van der Waals surface area contributed by atoms with E-state index in [1.54, 1.807) is 42.3 Å². The van der Waals surface area contributed by atoms with Crippen LogP contribution in [0.3, 0.4) is 0 Å². The van der Waals surface area contributed by atoms with Gasteiger partial charge in [-0.25, -0.2) is 9.37 Å². The largest absolute Gasteiger partial charge is 0.399 e. The van der Waals surface area contributed by atoms with E-state index in [1.165, 1.54) is 17.2 Å². The topological polar surface area (TPSA) is 71.2 Å². The number of halogens is 2. The number of carbonyl (C=O) groups is 1. The lowest BCUT2D eigenvalue weighted by Crippen LogP contribution is -2.38. The number of nitrogens with one attached hydrogen (secondary N) is 1. The summed E-state index contributed by atoms with van der Waals surface area (Å²) in [6, 6.07) is 17.7. The normalized spacial score (nSPS) is 12.8. The molecule has 0 unspecified atom stereocenters. The molecule has 1 heterocycles. The van der Waals surface area contributed by atoms with Crippen LogP contribution >= 0.6 is 12.4 Å². The van der Waals surface area contributed by atoms with Gasteiger partial charge in [-0.05, 0) is 42.2 Å². The zero-order valence-corrected chi connectivity index (χ0v) is 16.7. The molecule has 0 saturated carbocycles. The van der Waals surface area contributed by atoms with Gasteiger partial charge in [-0.2, -0.15) is 0 Å². The Bertz CT molecular complexity index is 1020. The lowest BCUT2D eigenvalue weighted by molar-refractivity contribution is 0.0732. The summed E-state index contributed by atoms with van der Waals surface area (Å²) in [6.07, 6.45) is 1.64. The van der Waals surface area contributed by atoms with Crippen LogP contribution in [0.15, 0.2) is 60.7 Å². The van der Waals surface area contributed by atoms with Gasteiger partial charge >= 0.3 is 0 Å². The fourth-order valence-electron chi connectivity index (χ4n) is 3.58. The van der Waals surface area contributed by atoms with Crippen molar-refractivity contribution in [1.82, 2.24) is 9.88 Å². The van der Waals surface area contributed by atoms with E-state index in [9.17, 15) is 9.18 Å². The van der Waals surface area contributed by atoms with Crippen LogP contribution in [0, 0.1) is 5.82 Å². The summed E-state index contributed by atoms with van der Waals surface area (Å²) >= 11 is 0. The first kappa shape index (κ1) is 20.6. The lowest BCUT2D eigenvalue weighted by atomic mass is 10.1. The second kappa shape index (κ2) is 8.49. The Labute approximate surface area is 175 Å². The van der Waals surface area contributed by atoms with Gasteiger partial charge in [-0.3, -0.25) is 4.79 Å². The van der Waals surface area contributed by atoms with Crippen molar-refractivity contribution in [3.05, 3.63) is 83.3 Å². The summed E-state index contributed by atoms with van der Waals surface area (Å²) in [6.45, 7) is 0. The minimum atomic E-state index is -0.402. The number of rotatable bonds is 4. The minimum absolute atomic E-state index is 0. The third-order valence-electron chi connectivity index (χ3n) is 5.10. The summed E-state index contributed by atoms with van der Waals surface area (Å²) < 4.78 is 13.9. The maximum atomic E-state index is 13.9. The number of amides is 1. The Morgan fingerprint density at radius 3 is 2.38 bits per heavy atom. The maximum Gasteiger partial charge on any atom is 0.272 e. The van der Waals surface area contributed by atoms with E-state index in [-0.39, 0.29) is 35.7 Å². The molecule has 4 rings (SSSR count). The summed E-state index contributed by atoms with van der Waals surface area (Å²) in [7, 11) is 1.79. The monoisotopic (exact) mass is 412 g/mol. The number of carbonyl (C=O) groups excluding carboxylic acids is 1. The Kier molecular flexibility index (Phi) is 6.03. The van der Waals surface area contributed by atoms with Crippen molar-refractivity contribution in [2.45, 2.75) is 18.9 Å². The van der Waals surface area contributed by atoms with E-state index in [0.29, 0.717) is 11.5 Å². The molecule has 0 fully saturated rings. The molecule has 0 bridgehead atoms. The third kappa shape index (κ3) is 4.32. The molecule has 1 aromatic heterocycles. The third-order valence-corrected chi connectivity index (χ3v) is 5.10. The SMILES string of the molecule is CN(C(=O)c1cc(N)cc(Nc2ccccc2F)n1)C1Cc2ccccc2C1.Cl. The Hall–Kier alpha value is -3.12. The number of pyridine rings is 1. The molecule has 3 aromatic rings. The van der Waals surface area contributed by atoms with E-state index >= 15 is 0 Å². The Balaban J connectivity index is 0.00000240. The molecule has 0 aliphatic heterocycles. The van der Waals surface area contributed by atoms with Gasteiger partial charge in [-0.1, -0.05) is 36.4 Å². The van der Waals surface area contributed by atoms with E-state index in [1.807, 2.05) is 12.1 Å². The number of fused-ring (bicyclic) bond motifs is 1. The maximum absolute atomic E-state index is 13.9. The van der Waals surface area contributed by atoms with Gasteiger partial charge < -0.3 is 16.0 Å². The first-order valence-electron chi connectivity index (χ1n) is 9.14. The van der Waals surface area contributed by atoms with Crippen LogP contribution in [-0.4, -0.2) is 28.9 Å². The summed E-state index contributed by atoms with van der Waals surface area (Å²) in [5.41, 5.74) is 9.41. The molecule has 1 aliphatic rings. The number of nitrogens with two attached hydrogens (primary N) is 1. The predicted octanol–water partition coefficient (Wildman–Crippen LogP) is 4.21. The smallest absolute Gasteiger partial charge is 0.272 e. The van der Waals surface area contributed by atoms with Gasteiger partial charge in [0.25, 0.3) is 5.91 Å². The van der Waals surface area contributed by atoms with Crippen molar-refractivity contribution in [2.75, 3.05) is 18.1 Å². The highest BCUT2D eigenvalue weighted by Gasteiger charge is 2.28. The van der Waals surface area contributed by atoms with Crippen molar-refractivity contribution in [3.63, 3.8) is 0 Å². The van der Waals surface area contributed by atoms with Crippen molar-refractivity contribution in [3.8, 4) is 0 Å². The highest BCUT2D eigenvalue weighted by atomic mass is 35.5. The number of hydrogen-bond acceptors (Lipinski definition) is 4. The lowest BCUT2D eigenvalue weighted by Gasteiger charge is -2.24. The average Bonchev–Trinajstić information content (AvgIpc) is 3.12. The zero-order chi connectivity index (χ0) is 19.7. The molecule has 0 spiro atoms. The fraction of sp³-hybridized carbons (Fsp3) is 0.182. The molecule has 5 nitrogen and oxygen atoms in total. The summed E-state index contributed by atoms with van der Waals surface area (Å²) in [5, 5.41) is 2.89. The van der Waals surface area contributed by atoms with Crippen molar-refractivity contribution >= 4 is 35.5 Å². The Morgan fingerprint density at radius 1 is 1.10 bits per heavy atom. The number of benzene rings is 2. The van der Waals surface area contributed by atoms with Crippen molar-refractivity contribution < 1.29 is 9.18 Å². The zero-order valence-electron chi connectivity index (χ0n) is 15.9. The molecule has 1 amide bonds. The van der Waals surface area contributed by atoms with Crippen LogP contribution in [-0.2, 0) is 12.8 Å². The molecule has 0 radical (unpaired) electrons.